The van der Waals surface area contributed by atoms with E-state index in [2.05, 4.69) is 0 Å². The monoisotopic (exact) mass is 390 g/mol. The topological polar surface area (TPSA) is 89.3 Å². The van der Waals surface area contributed by atoms with E-state index >= 15 is 0 Å². The Kier molecular flexibility index (Phi) is 5.93. The van der Waals surface area contributed by atoms with Gasteiger partial charge in [-0.1, -0.05) is 0 Å². The number of ether oxygens (including phenoxy) is 2. The Morgan fingerprint density at radius 1 is 1.11 bits per heavy atom. The molecule has 0 radical (unpaired) electrons. The maximum Gasteiger partial charge on any atom is 0.338 e. The van der Waals surface area contributed by atoms with Crippen molar-refractivity contribution >= 4 is 17.8 Å². The number of piperazine rings is 1. The molecule has 1 aliphatic rings. The van der Waals surface area contributed by atoms with Gasteiger partial charge in [0.25, 0.3) is 11.8 Å². The van der Waals surface area contributed by atoms with Gasteiger partial charge in [-0.2, -0.15) is 0 Å². The summed E-state index contributed by atoms with van der Waals surface area (Å²) in [7, 11) is 1.32. The van der Waals surface area contributed by atoms with Crippen LogP contribution in [0.1, 0.15) is 20.9 Å². The Morgan fingerprint density at radius 3 is 2.43 bits per heavy atom. The van der Waals surface area contributed by atoms with Crippen LogP contribution in [-0.2, 0) is 9.53 Å². The third-order valence-electron chi connectivity index (χ3n) is 4.37. The molecule has 1 aromatic heterocycles. The molecule has 0 N–H and O–H groups in total. The van der Waals surface area contributed by atoms with Crippen LogP contribution in [0.2, 0.25) is 0 Å². The number of carbonyl (C=O) groups is 3. The summed E-state index contributed by atoms with van der Waals surface area (Å²) in [6, 6.07) is 6.87. The molecule has 0 bridgehead atoms. The molecule has 0 saturated carbocycles. The molecule has 0 aliphatic carbocycles. The normalized spacial score (nSPS) is 13.9. The Labute approximate surface area is 160 Å². The predicted molar refractivity (Wildman–Crippen MR) is 94.4 cm³/mol. The third-order valence-corrected chi connectivity index (χ3v) is 4.37. The van der Waals surface area contributed by atoms with Crippen molar-refractivity contribution in [3.05, 3.63) is 53.7 Å². The number of nitrogens with zero attached hydrogens (tertiary/aromatic N) is 2. The van der Waals surface area contributed by atoms with Crippen molar-refractivity contribution in [3.8, 4) is 5.75 Å². The van der Waals surface area contributed by atoms with Crippen molar-refractivity contribution in [2.24, 2.45) is 0 Å². The summed E-state index contributed by atoms with van der Waals surface area (Å²) in [6.45, 7) is 0.879. The number of esters is 1. The van der Waals surface area contributed by atoms with Crippen molar-refractivity contribution in [1.82, 2.24) is 9.80 Å². The number of benzene rings is 1. The maximum atomic E-state index is 13.7. The molecule has 2 heterocycles. The average Bonchev–Trinajstić information content (AvgIpc) is 3.26. The Bertz CT molecular complexity index is 859. The SMILES string of the molecule is COc1ccc(C(=O)OCC(=O)N2CCN(C(=O)c3ccco3)CC2)cc1F. The lowest BCUT2D eigenvalue weighted by Crippen LogP contribution is -2.51. The minimum absolute atomic E-state index is 0.00888. The number of carbonyl (C=O) groups excluding carboxylic acids is 3. The molecule has 8 nitrogen and oxygen atoms in total. The lowest BCUT2D eigenvalue weighted by molar-refractivity contribution is -0.136. The molecule has 28 heavy (non-hydrogen) atoms. The van der Waals surface area contributed by atoms with Gasteiger partial charge in [0.1, 0.15) is 0 Å². The van der Waals surface area contributed by atoms with Crippen molar-refractivity contribution < 1.29 is 32.7 Å². The van der Waals surface area contributed by atoms with Crippen LogP contribution in [0.5, 0.6) is 5.75 Å². The highest BCUT2D eigenvalue weighted by atomic mass is 19.1. The molecule has 2 aromatic rings. The Balaban J connectivity index is 1.47. The molecule has 1 aliphatic heterocycles. The minimum Gasteiger partial charge on any atom is -0.494 e. The number of amides is 2. The molecule has 9 heteroatoms. The van der Waals surface area contributed by atoms with Crippen LogP contribution in [0.3, 0.4) is 0 Å². The van der Waals surface area contributed by atoms with Crippen molar-refractivity contribution in [1.29, 1.82) is 0 Å². The quantitative estimate of drug-likeness (QED) is 0.720. The molecule has 0 spiro atoms. The number of hydrogen-bond donors (Lipinski definition) is 0. The van der Waals surface area contributed by atoms with E-state index in [0.29, 0.717) is 26.2 Å². The highest BCUT2D eigenvalue weighted by Gasteiger charge is 2.26. The summed E-state index contributed by atoms with van der Waals surface area (Å²) < 4.78 is 28.5. The molecular formula is C19H19FN2O6. The van der Waals surface area contributed by atoms with E-state index in [1.54, 1.807) is 17.0 Å². The van der Waals surface area contributed by atoms with Gasteiger partial charge in [0.15, 0.2) is 23.9 Å². The zero-order chi connectivity index (χ0) is 20.1. The summed E-state index contributed by atoms with van der Waals surface area (Å²) in [6.07, 6.45) is 1.43. The molecule has 3 rings (SSSR count). The van der Waals surface area contributed by atoms with E-state index in [9.17, 15) is 18.8 Å². The van der Waals surface area contributed by atoms with Crippen LogP contribution in [0.25, 0.3) is 0 Å². The number of furan rings is 1. The second-order valence-electron chi connectivity index (χ2n) is 6.08. The van der Waals surface area contributed by atoms with Gasteiger partial charge in [-0.3, -0.25) is 9.59 Å². The zero-order valence-corrected chi connectivity index (χ0v) is 15.2. The standard InChI is InChI=1S/C19H19FN2O6/c1-26-15-5-4-13(11-14(15)20)19(25)28-12-17(23)21-6-8-22(9-7-21)18(24)16-3-2-10-27-16/h2-5,10-11H,6-9,12H2,1H3. The highest BCUT2D eigenvalue weighted by Crippen LogP contribution is 2.18. The van der Waals surface area contributed by atoms with Gasteiger partial charge in [0, 0.05) is 26.2 Å². The predicted octanol–water partition coefficient (Wildman–Crippen LogP) is 1.57. The maximum absolute atomic E-state index is 13.7. The molecule has 1 aromatic carbocycles. The first-order valence-electron chi connectivity index (χ1n) is 8.61. The van der Waals surface area contributed by atoms with Gasteiger partial charge in [-0.15, -0.1) is 0 Å². The van der Waals surface area contributed by atoms with Gasteiger partial charge < -0.3 is 23.7 Å². The fraction of sp³-hybridized carbons (Fsp3) is 0.316. The smallest absolute Gasteiger partial charge is 0.338 e. The van der Waals surface area contributed by atoms with Crippen LogP contribution in [0.4, 0.5) is 4.39 Å². The Hall–Kier alpha value is -3.36. The summed E-state index contributed by atoms with van der Waals surface area (Å²) in [5, 5.41) is 0. The number of halogens is 1. The molecule has 1 fully saturated rings. The molecule has 0 unspecified atom stereocenters. The number of rotatable bonds is 5. The lowest BCUT2D eigenvalue weighted by Gasteiger charge is -2.34. The first-order valence-corrected chi connectivity index (χ1v) is 8.61. The van der Waals surface area contributed by atoms with E-state index in [0.717, 1.165) is 6.07 Å². The largest absolute Gasteiger partial charge is 0.494 e. The molecule has 0 atom stereocenters. The second kappa shape index (κ2) is 8.55. The van der Waals surface area contributed by atoms with E-state index in [1.165, 1.54) is 30.4 Å². The lowest BCUT2D eigenvalue weighted by atomic mass is 10.2. The molecule has 1 saturated heterocycles. The fourth-order valence-electron chi connectivity index (χ4n) is 2.81. The molecule has 2 amide bonds. The van der Waals surface area contributed by atoms with Crippen molar-refractivity contribution in [2.45, 2.75) is 0 Å². The molecule has 148 valence electrons. The van der Waals surface area contributed by atoms with Crippen molar-refractivity contribution in [2.75, 3.05) is 39.9 Å². The second-order valence-corrected chi connectivity index (χ2v) is 6.08. The van der Waals surface area contributed by atoms with Gasteiger partial charge >= 0.3 is 5.97 Å². The summed E-state index contributed by atoms with van der Waals surface area (Å²) >= 11 is 0. The van der Waals surface area contributed by atoms with Crippen LogP contribution in [0, 0.1) is 5.82 Å². The van der Waals surface area contributed by atoms with E-state index in [-0.39, 0.29) is 28.9 Å². The summed E-state index contributed by atoms with van der Waals surface area (Å²) in [5.41, 5.74) is -0.0139. The van der Waals surface area contributed by atoms with Crippen LogP contribution >= 0.6 is 0 Å². The van der Waals surface area contributed by atoms with Gasteiger partial charge in [0.2, 0.25) is 0 Å². The van der Waals surface area contributed by atoms with Crippen LogP contribution in [-0.4, -0.2) is 67.5 Å². The number of hydrogen-bond acceptors (Lipinski definition) is 6. The van der Waals surface area contributed by atoms with Crippen LogP contribution < -0.4 is 4.74 Å². The van der Waals surface area contributed by atoms with E-state index in [4.69, 9.17) is 13.9 Å². The van der Waals surface area contributed by atoms with Crippen LogP contribution in [0.15, 0.2) is 41.0 Å². The first kappa shape index (κ1) is 19.4. The van der Waals surface area contributed by atoms with Gasteiger partial charge in [-0.05, 0) is 30.3 Å². The highest BCUT2D eigenvalue weighted by molar-refractivity contribution is 5.92. The third kappa shape index (κ3) is 4.30. The summed E-state index contributed by atoms with van der Waals surface area (Å²) in [5.74, 6) is -1.85. The summed E-state index contributed by atoms with van der Waals surface area (Å²) in [4.78, 5) is 39.5. The Morgan fingerprint density at radius 2 is 1.82 bits per heavy atom. The van der Waals surface area contributed by atoms with Gasteiger partial charge in [-0.25, -0.2) is 9.18 Å². The van der Waals surface area contributed by atoms with Gasteiger partial charge in [0.05, 0.1) is 18.9 Å². The van der Waals surface area contributed by atoms with E-state index in [1.807, 2.05) is 0 Å². The first-order chi connectivity index (χ1) is 13.5. The zero-order valence-electron chi connectivity index (χ0n) is 15.2. The minimum atomic E-state index is -0.804. The average molecular weight is 390 g/mol. The van der Waals surface area contributed by atoms with E-state index < -0.39 is 18.4 Å². The number of methoxy groups -OCH3 is 1. The van der Waals surface area contributed by atoms with Crippen molar-refractivity contribution in [3.63, 3.8) is 0 Å². The molecular weight excluding hydrogens is 371 g/mol. The fourth-order valence-corrected chi connectivity index (χ4v) is 2.81.